The van der Waals surface area contributed by atoms with Crippen LogP contribution >= 0.6 is 0 Å². The van der Waals surface area contributed by atoms with Gasteiger partial charge in [0.25, 0.3) is 0 Å². The van der Waals surface area contributed by atoms with Crippen LogP contribution in [0, 0.1) is 11.6 Å². The van der Waals surface area contributed by atoms with Crippen molar-refractivity contribution in [2.45, 2.75) is 44.1 Å². The van der Waals surface area contributed by atoms with E-state index in [1.165, 1.54) is 25.0 Å². The van der Waals surface area contributed by atoms with Gasteiger partial charge in [-0.3, -0.25) is 4.79 Å². The number of hydrogen-bond donors (Lipinski definition) is 1. The Kier molecular flexibility index (Phi) is 5.01. The highest BCUT2D eigenvalue weighted by Crippen LogP contribution is 2.36. The second-order valence-corrected chi connectivity index (χ2v) is 7.32. The number of benzene rings is 1. The van der Waals surface area contributed by atoms with Crippen LogP contribution in [0.15, 0.2) is 30.6 Å². The van der Waals surface area contributed by atoms with Crippen LogP contribution in [0.4, 0.5) is 14.6 Å². The zero-order valence-corrected chi connectivity index (χ0v) is 15.0. The predicted octanol–water partition coefficient (Wildman–Crippen LogP) is 2.96. The summed E-state index contributed by atoms with van der Waals surface area (Å²) >= 11 is 0. The van der Waals surface area contributed by atoms with Crippen LogP contribution in [0.3, 0.4) is 0 Å². The molecular formula is C20H22F2N4O. The monoisotopic (exact) mass is 372 g/mol. The van der Waals surface area contributed by atoms with Crippen molar-refractivity contribution in [2.75, 3.05) is 18.0 Å². The smallest absolute Gasteiger partial charge is 0.224 e. The van der Waals surface area contributed by atoms with Gasteiger partial charge >= 0.3 is 0 Å². The van der Waals surface area contributed by atoms with Crippen molar-refractivity contribution in [3.05, 3.63) is 53.5 Å². The van der Waals surface area contributed by atoms with Crippen LogP contribution in [0.1, 0.15) is 42.9 Å². The summed E-state index contributed by atoms with van der Waals surface area (Å²) in [7, 11) is 0. The lowest BCUT2D eigenvalue weighted by Crippen LogP contribution is -2.44. The molecule has 2 aliphatic rings. The molecule has 0 radical (unpaired) electrons. The molecule has 1 amide bonds. The molecule has 0 unspecified atom stereocenters. The Bertz CT molecular complexity index is 832. The Balaban J connectivity index is 1.30. The number of rotatable bonds is 5. The molecule has 1 aliphatic heterocycles. The van der Waals surface area contributed by atoms with Crippen molar-refractivity contribution in [3.8, 4) is 0 Å². The fourth-order valence-corrected chi connectivity index (χ4v) is 3.82. The van der Waals surface area contributed by atoms with Crippen molar-refractivity contribution in [1.82, 2.24) is 15.3 Å². The summed E-state index contributed by atoms with van der Waals surface area (Å²) < 4.78 is 26.9. The Morgan fingerprint density at radius 3 is 2.74 bits per heavy atom. The molecule has 0 bridgehead atoms. The minimum absolute atomic E-state index is 0.0457. The molecule has 7 heteroatoms. The molecular weight excluding hydrogens is 350 g/mol. The predicted molar refractivity (Wildman–Crippen MR) is 97.4 cm³/mol. The van der Waals surface area contributed by atoms with E-state index in [2.05, 4.69) is 26.3 Å². The SMILES string of the molecule is O=C(Cc1cccc(F)c1F)NC1CC(c2cc(N3CCCC3)ncn2)C1. The minimum Gasteiger partial charge on any atom is -0.357 e. The maximum absolute atomic E-state index is 13.7. The lowest BCUT2D eigenvalue weighted by atomic mass is 9.78. The molecule has 0 atom stereocenters. The summed E-state index contributed by atoms with van der Waals surface area (Å²) in [5.74, 6) is -0.892. The lowest BCUT2D eigenvalue weighted by Gasteiger charge is -2.35. The number of aromatic nitrogens is 2. The van der Waals surface area contributed by atoms with Gasteiger partial charge < -0.3 is 10.2 Å². The largest absolute Gasteiger partial charge is 0.357 e. The third-order valence-electron chi connectivity index (χ3n) is 5.41. The number of carbonyl (C=O) groups is 1. The average Bonchev–Trinajstić information content (AvgIpc) is 3.16. The van der Waals surface area contributed by atoms with Gasteiger partial charge in [-0.1, -0.05) is 12.1 Å². The molecule has 2 aromatic rings. The molecule has 4 rings (SSSR count). The van der Waals surface area contributed by atoms with E-state index < -0.39 is 11.6 Å². The third kappa shape index (κ3) is 3.91. The van der Waals surface area contributed by atoms with Gasteiger partial charge in [0.05, 0.1) is 6.42 Å². The van der Waals surface area contributed by atoms with Gasteiger partial charge in [0.1, 0.15) is 12.1 Å². The van der Waals surface area contributed by atoms with Crippen molar-refractivity contribution >= 4 is 11.7 Å². The maximum atomic E-state index is 13.7. The summed E-state index contributed by atoms with van der Waals surface area (Å²) in [6, 6.07) is 5.99. The topological polar surface area (TPSA) is 58.1 Å². The Morgan fingerprint density at radius 1 is 1.19 bits per heavy atom. The van der Waals surface area contributed by atoms with Crippen LogP contribution in [-0.2, 0) is 11.2 Å². The van der Waals surface area contributed by atoms with E-state index in [0.717, 1.165) is 43.5 Å². The molecule has 1 aromatic carbocycles. The van der Waals surface area contributed by atoms with Crippen LogP contribution in [0.25, 0.3) is 0 Å². The number of anilines is 1. The standard InChI is InChI=1S/C20H22F2N4O/c21-16-5-3-4-13(20(16)22)10-19(27)25-15-8-14(9-15)17-11-18(24-12-23-17)26-6-1-2-7-26/h3-5,11-12,14-15H,1-2,6-10H2,(H,25,27). The number of carbonyl (C=O) groups excluding carboxylic acids is 1. The van der Waals surface area contributed by atoms with Crippen molar-refractivity contribution in [1.29, 1.82) is 0 Å². The van der Waals surface area contributed by atoms with Crippen LogP contribution < -0.4 is 10.2 Å². The highest BCUT2D eigenvalue weighted by atomic mass is 19.2. The van der Waals surface area contributed by atoms with E-state index in [0.29, 0.717) is 5.92 Å². The molecule has 2 heterocycles. The van der Waals surface area contributed by atoms with Gasteiger partial charge in [0.2, 0.25) is 5.91 Å². The lowest BCUT2D eigenvalue weighted by molar-refractivity contribution is -0.121. The van der Waals surface area contributed by atoms with Gasteiger partial charge in [-0.15, -0.1) is 0 Å². The van der Waals surface area contributed by atoms with Crippen LogP contribution in [0.5, 0.6) is 0 Å². The van der Waals surface area contributed by atoms with Gasteiger partial charge in [-0.05, 0) is 31.7 Å². The highest BCUT2D eigenvalue weighted by Gasteiger charge is 2.33. The van der Waals surface area contributed by atoms with Crippen molar-refractivity contribution in [2.24, 2.45) is 0 Å². The van der Waals surface area contributed by atoms with Gasteiger partial charge in [0.15, 0.2) is 11.6 Å². The Hall–Kier alpha value is -2.57. The summed E-state index contributed by atoms with van der Waals surface area (Å²) in [4.78, 5) is 23.2. The second-order valence-electron chi connectivity index (χ2n) is 7.32. The normalized spacial score (nSPS) is 21.8. The first-order valence-electron chi connectivity index (χ1n) is 9.39. The molecule has 5 nitrogen and oxygen atoms in total. The number of nitrogens with one attached hydrogen (secondary N) is 1. The number of hydrogen-bond acceptors (Lipinski definition) is 4. The van der Waals surface area contributed by atoms with E-state index in [4.69, 9.17) is 0 Å². The number of nitrogens with zero attached hydrogens (tertiary/aromatic N) is 3. The summed E-state index contributed by atoms with van der Waals surface area (Å²) in [6.45, 7) is 2.08. The second kappa shape index (κ2) is 7.58. The van der Waals surface area contributed by atoms with E-state index in [1.54, 1.807) is 6.33 Å². The molecule has 1 N–H and O–H groups in total. The number of halogens is 2. The van der Waals surface area contributed by atoms with E-state index in [-0.39, 0.29) is 23.9 Å². The highest BCUT2D eigenvalue weighted by molar-refractivity contribution is 5.79. The van der Waals surface area contributed by atoms with Crippen LogP contribution in [0.2, 0.25) is 0 Å². The van der Waals surface area contributed by atoms with Gasteiger partial charge in [-0.25, -0.2) is 18.7 Å². The van der Waals surface area contributed by atoms with Gasteiger partial charge in [-0.2, -0.15) is 0 Å². The first kappa shape index (κ1) is 17.8. The van der Waals surface area contributed by atoms with E-state index in [1.807, 2.05) is 0 Å². The molecule has 2 fully saturated rings. The zero-order valence-electron chi connectivity index (χ0n) is 15.0. The maximum Gasteiger partial charge on any atom is 0.224 e. The Morgan fingerprint density at radius 2 is 1.96 bits per heavy atom. The summed E-state index contributed by atoms with van der Waals surface area (Å²) in [6.07, 6.45) is 5.45. The zero-order chi connectivity index (χ0) is 18.8. The fourth-order valence-electron chi connectivity index (χ4n) is 3.82. The van der Waals surface area contributed by atoms with E-state index >= 15 is 0 Å². The average molecular weight is 372 g/mol. The molecule has 0 spiro atoms. The first-order chi connectivity index (χ1) is 13.1. The van der Waals surface area contributed by atoms with Crippen molar-refractivity contribution < 1.29 is 13.6 Å². The van der Waals surface area contributed by atoms with Gasteiger partial charge in [0, 0.05) is 42.4 Å². The van der Waals surface area contributed by atoms with Crippen molar-refractivity contribution in [3.63, 3.8) is 0 Å². The molecule has 1 saturated carbocycles. The fraction of sp³-hybridized carbons (Fsp3) is 0.450. The third-order valence-corrected chi connectivity index (χ3v) is 5.41. The molecule has 142 valence electrons. The molecule has 1 saturated heterocycles. The minimum atomic E-state index is -0.949. The summed E-state index contributed by atoms with van der Waals surface area (Å²) in [5, 5.41) is 2.90. The number of amides is 1. The van der Waals surface area contributed by atoms with E-state index in [9.17, 15) is 13.6 Å². The van der Waals surface area contributed by atoms with Crippen LogP contribution in [-0.4, -0.2) is 35.0 Å². The first-order valence-corrected chi connectivity index (χ1v) is 9.39. The molecule has 1 aliphatic carbocycles. The Labute approximate surface area is 156 Å². The molecule has 1 aromatic heterocycles. The quantitative estimate of drug-likeness (QED) is 0.877. The molecule has 27 heavy (non-hydrogen) atoms. The summed E-state index contributed by atoms with van der Waals surface area (Å²) in [5.41, 5.74) is 1.09.